The van der Waals surface area contributed by atoms with Crippen LogP contribution in [-0.2, 0) is 31.5 Å². The molecule has 0 saturated carbocycles. The average Bonchev–Trinajstić information content (AvgIpc) is 2.81. The maximum atomic E-state index is 13.0. The van der Waals surface area contributed by atoms with Gasteiger partial charge in [-0.3, -0.25) is 4.79 Å². The Hall–Kier alpha value is -2.42. The SMILES string of the molecule is CC(C)(C)c1ccc(OCCCC(=O)NCc2ccccc2S(=O)(=O)N2CCOCC2)cc1. The predicted octanol–water partition coefficient (Wildman–Crippen LogP) is 3.48. The van der Waals surface area contributed by atoms with Crippen molar-refractivity contribution in [1.82, 2.24) is 9.62 Å². The number of ether oxygens (including phenoxy) is 2. The Balaban J connectivity index is 1.46. The van der Waals surface area contributed by atoms with E-state index in [1.165, 1.54) is 9.87 Å². The molecular formula is C25H34N2O5S. The fraction of sp³-hybridized carbons (Fsp3) is 0.480. The lowest BCUT2D eigenvalue weighted by Gasteiger charge is -2.27. The van der Waals surface area contributed by atoms with Crippen LogP contribution in [0.15, 0.2) is 53.4 Å². The maximum Gasteiger partial charge on any atom is 0.243 e. The summed E-state index contributed by atoms with van der Waals surface area (Å²) in [4.78, 5) is 12.5. The molecule has 1 aliphatic rings. The van der Waals surface area contributed by atoms with E-state index in [0.717, 1.165) is 5.75 Å². The molecule has 0 aliphatic carbocycles. The second-order valence-corrected chi connectivity index (χ2v) is 11.0. The first-order valence-corrected chi connectivity index (χ1v) is 12.8. The molecule has 7 nitrogen and oxygen atoms in total. The van der Waals surface area contributed by atoms with Gasteiger partial charge in [0.1, 0.15) is 5.75 Å². The van der Waals surface area contributed by atoms with Gasteiger partial charge in [-0.2, -0.15) is 4.31 Å². The van der Waals surface area contributed by atoms with E-state index in [0.29, 0.717) is 51.3 Å². The monoisotopic (exact) mass is 474 g/mol. The number of hydrogen-bond acceptors (Lipinski definition) is 5. The number of amides is 1. The Bertz CT molecular complexity index is 1020. The van der Waals surface area contributed by atoms with Gasteiger partial charge in [0.15, 0.2) is 0 Å². The van der Waals surface area contributed by atoms with E-state index in [-0.39, 0.29) is 22.8 Å². The molecule has 1 saturated heterocycles. The number of carbonyl (C=O) groups is 1. The zero-order chi connectivity index (χ0) is 23.9. The fourth-order valence-electron chi connectivity index (χ4n) is 3.58. The molecule has 3 rings (SSSR count). The minimum atomic E-state index is -3.62. The van der Waals surface area contributed by atoms with Gasteiger partial charge in [-0.05, 0) is 41.2 Å². The normalized spacial score (nSPS) is 15.2. The van der Waals surface area contributed by atoms with Crippen LogP contribution in [0.3, 0.4) is 0 Å². The minimum Gasteiger partial charge on any atom is -0.494 e. The fourth-order valence-corrected chi connectivity index (χ4v) is 5.21. The van der Waals surface area contributed by atoms with E-state index in [1.54, 1.807) is 24.3 Å². The van der Waals surface area contributed by atoms with Crippen molar-refractivity contribution < 1.29 is 22.7 Å². The number of nitrogens with one attached hydrogen (secondary N) is 1. The molecule has 1 fully saturated rings. The molecule has 0 atom stereocenters. The molecule has 8 heteroatoms. The lowest BCUT2D eigenvalue weighted by molar-refractivity contribution is -0.121. The molecule has 1 heterocycles. The van der Waals surface area contributed by atoms with Gasteiger partial charge >= 0.3 is 0 Å². The Labute approximate surface area is 197 Å². The van der Waals surface area contributed by atoms with Crippen LogP contribution in [0.5, 0.6) is 5.75 Å². The van der Waals surface area contributed by atoms with Crippen molar-refractivity contribution >= 4 is 15.9 Å². The molecule has 180 valence electrons. The largest absolute Gasteiger partial charge is 0.494 e. The number of rotatable bonds is 9. The van der Waals surface area contributed by atoms with Crippen LogP contribution in [-0.4, -0.2) is 51.5 Å². The van der Waals surface area contributed by atoms with Crippen molar-refractivity contribution in [2.45, 2.75) is 50.5 Å². The highest BCUT2D eigenvalue weighted by molar-refractivity contribution is 7.89. The molecule has 1 N–H and O–H groups in total. The van der Waals surface area contributed by atoms with Crippen molar-refractivity contribution in [1.29, 1.82) is 0 Å². The van der Waals surface area contributed by atoms with Crippen LogP contribution in [0.4, 0.5) is 0 Å². The Morgan fingerprint density at radius 3 is 2.39 bits per heavy atom. The van der Waals surface area contributed by atoms with Crippen molar-refractivity contribution in [2.75, 3.05) is 32.9 Å². The molecule has 1 aliphatic heterocycles. The van der Waals surface area contributed by atoms with Crippen LogP contribution in [0.1, 0.15) is 44.7 Å². The van der Waals surface area contributed by atoms with Crippen molar-refractivity contribution in [3.63, 3.8) is 0 Å². The van der Waals surface area contributed by atoms with Gasteiger partial charge in [-0.25, -0.2) is 8.42 Å². The topological polar surface area (TPSA) is 84.9 Å². The van der Waals surface area contributed by atoms with Crippen LogP contribution in [0.2, 0.25) is 0 Å². The Morgan fingerprint density at radius 2 is 1.73 bits per heavy atom. The van der Waals surface area contributed by atoms with Gasteiger partial charge in [0.25, 0.3) is 0 Å². The van der Waals surface area contributed by atoms with Crippen LogP contribution < -0.4 is 10.1 Å². The lowest BCUT2D eigenvalue weighted by Crippen LogP contribution is -2.41. The zero-order valence-electron chi connectivity index (χ0n) is 19.7. The average molecular weight is 475 g/mol. The summed E-state index contributed by atoms with van der Waals surface area (Å²) in [6.07, 6.45) is 0.874. The van der Waals surface area contributed by atoms with Gasteiger partial charge in [-0.1, -0.05) is 51.1 Å². The summed E-state index contributed by atoms with van der Waals surface area (Å²) in [5.74, 6) is 0.644. The van der Waals surface area contributed by atoms with E-state index in [4.69, 9.17) is 9.47 Å². The summed E-state index contributed by atoms with van der Waals surface area (Å²) in [7, 11) is -3.62. The molecule has 0 radical (unpaired) electrons. The Morgan fingerprint density at radius 1 is 1.06 bits per heavy atom. The number of hydrogen-bond donors (Lipinski definition) is 1. The second-order valence-electron chi connectivity index (χ2n) is 9.13. The third-order valence-electron chi connectivity index (χ3n) is 5.57. The van der Waals surface area contributed by atoms with E-state index in [2.05, 4.69) is 38.2 Å². The van der Waals surface area contributed by atoms with Crippen molar-refractivity contribution in [3.05, 3.63) is 59.7 Å². The third kappa shape index (κ3) is 7.03. The van der Waals surface area contributed by atoms with E-state index < -0.39 is 10.0 Å². The molecule has 33 heavy (non-hydrogen) atoms. The Kier molecular flexibility index (Phi) is 8.51. The van der Waals surface area contributed by atoms with Gasteiger partial charge in [0.05, 0.1) is 24.7 Å². The zero-order valence-corrected chi connectivity index (χ0v) is 20.5. The molecule has 1 amide bonds. The predicted molar refractivity (Wildman–Crippen MR) is 128 cm³/mol. The second kappa shape index (κ2) is 11.1. The van der Waals surface area contributed by atoms with E-state index in [9.17, 15) is 13.2 Å². The minimum absolute atomic E-state index is 0.0940. The molecule has 0 aromatic heterocycles. The van der Waals surface area contributed by atoms with Crippen molar-refractivity contribution in [3.8, 4) is 5.75 Å². The lowest BCUT2D eigenvalue weighted by atomic mass is 9.87. The highest BCUT2D eigenvalue weighted by Gasteiger charge is 2.28. The molecule has 0 unspecified atom stereocenters. The van der Waals surface area contributed by atoms with Gasteiger partial charge in [-0.15, -0.1) is 0 Å². The molecule has 0 bridgehead atoms. The summed E-state index contributed by atoms with van der Waals surface area (Å²) in [5.41, 5.74) is 1.91. The summed E-state index contributed by atoms with van der Waals surface area (Å²) in [6, 6.07) is 14.8. The highest BCUT2D eigenvalue weighted by atomic mass is 32.2. The third-order valence-corrected chi connectivity index (χ3v) is 7.57. The summed E-state index contributed by atoms with van der Waals surface area (Å²) >= 11 is 0. The number of carbonyl (C=O) groups excluding carboxylic acids is 1. The van der Waals surface area contributed by atoms with E-state index >= 15 is 0 Å². The van der Waals surface area contributed by atoms with Crippen LogP contribution in [0.25, 0.3) is 0 Å². The number of sulfonamides is 1. The van der Waals surface area contributed by atoms with Gasteiger partial charge < -0.3 is 14.8 Å². The number of nitrogens with zero attached hydrogens (tertiary/aromatic N) is 1. The molecule has 2 aromatic carbocycles. The first-order valence-electron chi connectivity index (χ1n) is 11.3. The van der Waals surface area contributed by atoms with Crippen molar-refractivity contribution in [2.24, 2.45) is 0 Å². The summed E-state index contributed by atoms with van der Waals surface area (Å²) in [6.45, 7) is 8.54. The molecule has 2 aromatic rings. The quantitative estimate of drug-likeness (QED) is 0.563. The van der Waals surface area contributed by atoms with Crippen LogP contribution >= 0.6 is 0 Å². The smallest absolute Gasteiger partial charge is 0.243 e. The van der Waals surface area contributed by atoms with Gasteiger partial charge in [0.2, 0.25) is 15.9 Å². The maximum absolute atomic E-state index is 13.0. The molecule has 0 spiro atoms. The standard InChI is InChI=1S/C25H34N2O5S/c1-25(2,3)21-10-12-22(13-11-21)32-16-6-9-24(28)26-19-20-7-4-5-8-23(20)33(29,30)27-14-17-31-18-15-27/h4-5,7-8,10-13H,6,9,14-19H2,1-3H3,(H,26,28). The van der Waals surface area contributed by atoms with Gasteiger partial charge in [0, 0.05) is 26.1 Å². The summed E-state index contributed by atoms with van der Waals surface area (Å²) in [5, 5.41) is 2.83. The molecular weight excluding hydrogens is 440 g/mol. The highest BCUT2D eigenvalue weighted by Crippen LogP contribution is 2.24. The van der Waals surface area contributed by atoms with Crippen LogP contribution in [0, 0.1) is 0 Å². The first kappa shape index (κ1) is 25.2. The van der Waals surface area contributed by atoms with E-state index in [1.807, 2.05) is 12.1 Å². The number of morpholine rings is 1. The number of benzene rings is 2. The first-order chi connectivity index (χ1) is 15.7. The summed E-state index contributed by atoms with van der Waals surface area (Å²) < 4.78 is 38.5.